The number of carboxylic acid groups (broad SMARTS) is 1. The Morgan fingerprint density at radius 3 is 1.68 bits per heavy atom. The van der Waals surface area contributed by atoms with E-state index in [-0.39, 0.29) is 47.4 Å². The molecule has 16 heteroatoms. The van der Waals surface area contributed by atoms with E-state index in [1.54, 1.807) is 36.4 Å². The number of alkyl halides is 6. The fourth-order valence-corrected chi connectivity index (χ4v) is 5.44. The Hall–Kier alpha value is -5.93. The Morgan fingerprint density at radius 1 is 0.736 bits per heavy atom. The highest BCUT2D eigenvalue weighted by Crippen LogP contribution is 2.39. The number of rotatable bonds is 15. The summed E-state index contributed by atoms with van der Waals surface area (Å²) in [6, 6.07) is 15.4. The van der Waals surface area contributed by atoms with Crippen LogP contribution in [0.25, 0.3) is 11.1 Å². The lowest BCUT2D eigenvalue weighted by Gasteiger charge is -2.30. The molecule has 0 spiro atoms. The van der Waals surface area contributed by atoms with E-state index in [2.05, 4.69) is 0 Å². The van der Waals surface area contributed by atoms with Crippen molar-refractivity contribution in [3.8, 4) is 34.1 Å². The van der Waals surface area contributed by atoms with Gasteiger partial charge in [0.05, 0.1) is 32.5 Å². The molecule has 4 aromatic carbocycles. The van der Waals surface area contributed by atoms with Crippen molar-refractivity contribution in [1.82, 2.24) is 4.90 Å². The van der Waals surface area contributed by atoms with E-state index < -0.39 is 60.3 Å². The van der Waals surface area contributed by atoms with Gasteiger partial charge in [0.2, 0.25) is 11.7 Å². The number of ether oxygens (including phenoxy) is 4. The van der Waals surface area contributed by atoms with Crippen LogP contribution in [-0.2, 0) is 35.1 Å². The van der Waals surface area contributed by atoms with Gasteiger partial charge < -0.3 is 34.7 Å². The molecular weight excluding hydrogens is 714 g/mol. The predicted molar refractivity (Wildman–Crippen MR) is 178 cm³/mol. The molecule has 0 unspecified atom stereocenters. The zero-order chi connectivity index (χ0) is 39.1. The molecule has 0 saturated heterocycles. The minimum atomic E-state index is -4.99. The lowest BCUT2D eigenvalue weighted by atomic mass is 10.0. The maximum atomic E-state index is 13.9. The highest BCUT2D eigenvalue weighted by atomic mass is 19.4. The Bertz CT molecular complexity index is 1870. The minimum Gasteiger partial charge on any atom is -0.493 e. The van der Waals surface area contributed by atoms with Crippen LogP contribution in [-0.4, -0.2) is 55.2 Å². The second-order valence-corrected chi connectivity index (χ2v) is 11.6. The van der Waals surface area contributed by atoms with Crippen molar-refractivity contribution < 1.29 is 64.8 Å². The van der Waals surface area contributed by atoms with Gasteiger partial charge in [-0.3, -0.25) is 14.4 Å². The van der Waals surface area contributed by atoms with E-state index in [9.17, 15) is 45.8 Å². The second kappa shape index (κ2) is 16.6. The SMILES string of the molecule is COc1cc(CN(C(=O)c2ccc(-c3ccc(OCc4cc(C(F)(F)F)cc(C(F)(F)F)c4)cc3)cc2)[C@@H](CCC(=O)O)C(N)=O)cc(OC)c1OC. The first-order valence-electron chi connectivity index (χ1n) is 15.7. The monoisotopic (exact) mass is 748 g/mol. The zero-order valence-electron chi connectivity index (χ0n) is 28.5. The Kier molecular flexibility index (Phi) is 12.5. The number of nitrogens with two attached hydrogens (primary N) is 1. The molecule has 1 atom stereocenters. The zero-order valence-corrected chi connectivity index (χ0v) is 28.5. The van der Waals surface area contributed by atoms with Crippen LogP contribution in [0.1, 0.15) is 45.5 Å². The first-order chi connectivity index (χ1) is 24.9. The number of carbonyl (C=O) groups is 3. The van der Waals surface area contributed by atoms with Gasteiger partial charge in [0.25, 0.3) is 5.91 Å². The smallest absolute Gasteiger partial charge is 0.416 e. The predicted octanol–water partition coefficient (Wildman–Crippen LogP) is 7.36. The summed E-state index contributed by atoms with van der Waals surface area (Å²) in [4.78, 5) is 39.1. The third-order valence-corrected chi connectivity index (χ3v) is 8.05. The van der Waals surface area contributed by atoms with Gasteiger partial charge >= 0.3 is 18.3 Å². The lowest BCUT2D eigenvalue weighted by Crippen LogP contribution is -2.47. The van der Waals surface area contributed by atoms with Gasteiger partial charge in [0.1, 0.15) is 18.4 Å². The molecule has 282 valence electrons. The van der Waals surface area contributed by atoms with Crippen molar-refractivity contribution in [1.29, 1.82) is 0 Å². The van der Waals surface area contributed by atoms with Gasteiger partial charge in [-0.25, -0.2) is 0 Å². The van der Waals surface area contributed by atoms with Crippen LogP contribution in [0.5, 0.6) is 23.0 Å². The normalized spacial score (nSPS) is 12.1. The number of nitrogens with zero attached hydrogens (tertiary/aromatic N) is 1. The number of halogens is 6. The third-order valence-electron chi connectivity index (χ3n) is 8.05. The van der Waals surface area contributed by atoms with Crippen LogP contribution < -0.4 is 24.7 Å². The van der Waals surface area contributed by atoms with E-state index in [0.717, 1.165) is 4.90 Å². The molecule has 0 heterocycles. The van der Waals surface area contributed by atoms with Crippen molar-refractivity contribution in [2.45, 2.75) is 44.4 Å². The number of carboxylic acids is 1. The third kappa shape index (κ3) is 10.1. The molecule has 0 bridgehead atoms. The quantitative estimate of drug-likeness (QED) is 0.120. The molecule has 10 nitrogen and oxygen atoms in total. The number of hydrogen-bond donors (Lipinski definition) is 2. The summed E-state index contributed by atoms with van der Waals surface area (Å²) in [6.07, 6.45) is -10.7. The Morgan fingerprint density at radius 2 is 1.25 bits per heavy atom. The standard InChI is InChI=1S/C37H34F6N2O8/c1-50-30-16-21(17-31(51-2)33(30)52-3)19-45(29(34(44)48)12-13-32(46)47)35(49)25-6-4-23(5-7-25)24-8-10-28(11-9-24)53-20-22-14-26(36(38,39)40)18-27(15-22)37(41,42)43/h4-11,14-18,29H,12-13,19-20H2,1-3H3,(H2,44,48)(H,46,47)/t29-/m0/s1. The second-order valence-electron chi connectivity index (χ2n) is 11.6. The first kappa shape index (κ1) is 39.8. The summed E-state index contributed by atoms with van der Waals surface area (Å²) in [7, 11) is 4.23. The molecule has 0 saturated carbocycles. The summed E-state index contributed by atoms with van der Waals surface area (Å²) >= 11 is 0. The molecule has 0 fully saturated rings. The summed E-state index contributed by atoms with van der Waals surface area (Å²) in [6.45, 7) is -0.751. The molecule has 2 amide bonds. The molecular formula is C37H34F6N2O8. The van der Waals surface area contributed by atoms with Crippen LogP contribution in [0.15, 0.2) is 78.9 Å². The molecule has 53 heavy (non-hydrogen) atoms. The van der Waals surface area contributed by atoms with E-state index in [1.807, 2.05) is 0 Å². The number of primary amides is 1. The van der Waals surface area contributed by atoms with Crippen LogP contribution in [0, 0.1) is 0 Å². The molecule has 0 aliphatic heterocycles. The van der Waals surface area contributed by atoms with Gasteiger partial charge in [-0.2, -0.15) is 26.3 Å². The molecule has 0 aliphatic carbocycles. The average Bonchev–Trinajstić information content (AvgIpc) is 3.12. The average molecular weight is 749 g/mol. The van der Waals surface area contributed by atoms with E-state index in [4.69, 9.17) is 24.7 Å². The lowest BCUT2D eigenvalue weighted by molar-refractivity contribution is -0.143. The summed E-state index contributed by atoms with van der Waals surface area (Å²) in [5.41, 5.74) is 4.30. The van der Waals surface area contributed by atoms with Gasteiger partial charge in [0.15, 0.2) is 11.5 Å². The molecule has 0 aromatic heterocycles. The van der Waals surface area contributed by atoms with Crippen molar-refractivity contribution in [3.05, 3.63) is 107 Å². The van der Waals surface area contributed by atoms with Crippen molar-refractivity contribution in [2.24, 2.45) is 5.73 Å². The van der Waals surface area contributed by atoms with Gasteiger partial charge in [-0.05, 0) is 83.3 Å². The molecule has 3 N–H and O–H groups in total. The Labute approximate surface area is 299 Å². The van der Waals surface area contributed by atoms with E-state index in [1.165, 1.54) is 45.6 Å². The number of methoxy groups -OCH3 is 3. The van der Waals surface area contributed by atoms with Crippen molar-refractivity contribution in [3.63, 3.8) is 0 Å². The highest BCUT2D eigenvalue weighted by molar-refractivity contribution is 5.98. The van der Waals surface area contributed by atoms with Crippen LogP contribution >= 0.6 is 0 Å². The number of aliphatic carboxylic acids is 1. The van der Waals surface area contributed by atoms with Crippen molar-refractivity contribution in [2.75, 3.05) is 21.3 Å². The van der Waals surface area contributed by atoms with Gasteiger partial charge in [-0.15, -0.1) is 0 Å². The molecule has 4 aromatic rings. The maximum Gasteiger partial charge on any atom is 0.416 e. The first-order valence-corrected chi connectivity index (χ1v) is 15.7. The number of benzene rings is 4. The fourth-order valence-electron chi connectivity index (χ4n) is 5.44. The molecule has 4 rings (SSSR count). The summed E-state index contributed by atoms with van der Waals surface area (Å²) < 4.78 is 101. The number of carbonyl (C=O) groups excluding carboxylic acids is 2. The fraction of sp³-hybridized carbons (Fsp3) is 0.270. The minimum absolute atomic E-state index is 0.0416. The highest BCUT2D eigenvalue weighted by Gasteiger charge is 2.37. The van der Waals surface area contributed by atoms with Crippen LogP contribution in [0.4, 0.5) is 26.3 Å². The number of amides is 2. The van der Waals surface area contributed by atoms with Gasteiger partial charge in [0, 0.05) is 18.5 Å². The summed E-state index contributed by atoms with van der Waals surface area (Å²) in [5, 5.41) is 9.29. The molecule has 0 aliphatic rings. The van der Waals surface area contributed by atoms with E-state index >= 15 is 0 Å². The molecule has 0 radical (unpaired) electrons. The van der Waals surface area contributed by atoms with Crippen LogP contribution in [0.2, 0.25) is 0 Å². The van der Waals surface area contributed by atoms with Gasteiger partial charge in [-0.1, -0.05) is 24.3 Å². The van der Waals surface area contributed by atoms with Crippen LogP contribution in [0.3, 0.4) is 0 Å². The van der Waals surface area contributed by atoms with Crippen molar-refractivity contribution >= 4 is 17.8 Å². The number of hydrogen-bond acceptors (Lipinski definition) is 7. The summed E-state index contributed by atoms with van der Waals surface area (Å²) in [5.74, 6) is -1.72. The maximum absolute atomic E-state index is 13.9. The Balaban J connectivity index is 1.56. The largest absolute Gasteiger partial charge is 0.493 e. The topological polar surface area (TPSA) is 138 Å². The van der Waals surface area contributed by atoms with E-state index in [0.29, 0.717) is 34.6 Å².